The summed E-state index contributed by atoms with van der Waals surface area (Å²) in [7, 11) is 0. The van der Waals surface area contributed by atoms with Crippen molar-refractivity contribution in [3.8, 4) is 0 Å². The minimum absolute atomic E-state index is 0.0983. The zero-order valence-electron chi connectivity index (χ0n) is 11.8. The van der Waals surface area contributed by atoms with Gasteiger partial charge in [0.1, 0.15) is 5.60 Å². The molecule has 0 spiro atoms. The molecule has 0 aromatic carbocycles. The molecule has 1 amide bonds. The smallest absolute Gasteiger partial charge is 0.410 e. The molecule has 1 rings (SSSR count). The van der Waals surface area contributed by atoms with E-state index < -0.39 is 23.6 Å². The standard InChI is InChI=1S/C13H23NO4/c1-8(2)10-9(11(15)16)6-7-14(10)12(17)18-13(3,4)5/h8-10H,6-7H2,1-5H3,(H,15,16)/t9-,10-/m0/s1. The average molecular weight is 257 g/mol. The molecule has 1 N–H and O–H groups in total. The number of carboxylic acid groups (broad SMARTS) is 1. The number of aliphatic carboxylic acids is 1. The highest BCUT2D eigenvalue weighted by atomic mass is 16.6. The topological polar surface area (TPSA) is 66.8 Å². The van der Waals surface area contributed by atoms with Gasteiger partial charge in [0.05, 0.1) is 12.0 Å². The van der Waals surface area contributed by atoms with E-state index in [9.17, 15) is 14.7 Å². The molecule has 104 valence electrons. The average Bonchev–Trinajstić information content (AvgIpc) is 2.58. The minimum atomic E-state index is -0.834. The highest BCUT2D eigenvalue weighted by Crippen LogP contribution is 2.31. The Hall–Kier alpha value is -1.26. The summed E-state index contributed by atoms with van der Waals surface area (Å²) in [5, 5.41) is 9.19. The van der Waals surface area contributed by atoms with Gasteiger partial charge in [0.15, 0.2) is 0 Å². The third kappa shape index (κ3) is 3.37. The van der Waals surface area contributed by atoms with Crippen molar-refractivity contribution in [3.05, 3.63) is 0 Å². The highest BCUT2D eigenvalue weighted by Gasteiger charge is 2.44. The van der Waals surface area contributed by atoms with Crippen LogP contribution in [-0.2, 0) is 9.53 Å². The van der Waals surface area contributed by atoms with Gasteiger partial charge >= 0.3 is 12.1 Å². The molecule has 2 atom stereocenters. The van der Waals surface area contributed by atoms with Crippen molar-refractivity contribution in [2.24, 2.45) is 11.8 Å². The number of carbonyl (C=O) groups excluding carboxylic acids is 1. The van der Waals surface area contributed by atoms with Gasteiger partial charge in [0.25, 0.3) is 0 Å². The fraction of sp³-hybridized carbons (Fsp3) is 0.846. The van der Waals surface area contributed by atoms with Gasteiger partial charge in [-0.25, -0.2) is 4.79 Å². The van der Waals surface area contributed by atoms with Crippen LogP contribution in [0.25, 0.3) is 0 Å². The number of likely N-dealkylation sites (tertiary alicyclic amines) is 1. The summed E-state index contributed by atoms with van der Waals surface area (Å²) in [6.45, 7) is 9.74. The second-order valence-corrected chi connectivity index (χ2v) is 6.14. The fourth-order valence-electron chi connectivity index (χ4n) is 2.44. The summed E-state index contributed by atoms with van der Waals surface area (Å²) < 4.78 is 5.32. The van der Waals surface area contributed by atoms with Crippen molar-refractivity contribution in [2.75, 3.05) is 6.54 Å². The summed E-state index contributed by atoms with van der Waals surface area (Å²) in [4.78, 5) is 24.8. The molecule has 0 aliphatic carbocycles. The van der Waals surface area contributed by atoms with Gasteiger partial charge in [0, 0.05) is 6.54 Å². The van der Waals surface area contributed by atoms with E-state index in [0.29, 0.717) is 13.0 Å². The largest absolute Gasteiger partial charge is 0.481 e. The molecule has 1 aliphatic heterocycles. The van der Waals surface area contributed by atoms with E-state index in [-0.39, 0.29) is 12.0 Å². The Labute approximate surface area is 108 Å². The van der Waals surface area contributed by atoms with E-state index in [1.165, 1.54) is 0 Å². The van der Waals surface area contributed by atoms with Crippen LogP contribution < -0.4 is 0 Å². The molecule has 1 aliphatic rings. The number of carbonyl (C=O) groups is 2. The van der Waals surface area contributed by atoms with Gasteiger partial charge in [-0.15, -0.1) is 0 Å². The summed E-state index contributed by atoms with van der Waals surface area (Å²) in [5.74, 6) is -1.22. The molecule has 0 aromatic rings. The normalized spacial score (nSPS) is 24.4. The maximum Gasteiger partial charge on any atom is 0.410 e. The van der Waals surface area contributed by atoms with Crippen LogP contribution in [0.15, 0.2) is 0 Å². The quantitative estimate of drug-likeness (QED) is 0.824. The fourth-order valence-corrected chi connectivity index (χ4v) is 2.44. The molecule has 5 nitrogen and oxygen atoms in total. The lowest BCUT2D eigenvalue weighted by molar-refractivity contribution is -0.142. The maximum absolute atomic E-state index is 12.1. The van der Waals surface area contributed by atoms with Crippen molar-refractivity contribution < 1.29 is 19.4 Å². The van der Waals surface area contributed by atoms with E-state index >= 15 is 0 Å². The van der Waals surface area contributed by atoms with E-state index in [0.717, 1.165) is 0 Å². The molecular formula is C13H23NO4. The summed E-state index contributed by atoms with van der Waals surface area (Å²) in [5.41, 5.74) is -0.556. The summed E-state index contributed by atoms with van der Waals surface area (Å²) >= 11 is 0. The summed E-state index contributed by atoms with van der Waals surface area (Å²) in [6, 6.07) is -0.280. The van der Waals surface area contributed by atoms with Crippen LogP contribution in [0.5, 0.6) is 0 Å². The van der Waals surface area contributed by atoms with E-state index in [1.54, 1.807) is 25.7 Å². The van der Waals surface area contributed by atoms with Crippen LogP contribution in [-0.4, -0.2) is 40.3 Å². The van der Waals surface area contributed by atoms with Crippen molar-refractivity contribution in [1.29, 1.82) is 0 Å². The third-order valence-electron chi connectivity index (χ3n) is 3.08. The Kier molecular flexibility index (Phi) is 4.24. The molecule has 1 saturated heterocycles. The van der Waals surface area contributed by atoms with Gasteiger partial charge in [-0.1, -0.05) is 13.8 Å². The lowest BCUT2D eigenvalue weighted by Crippen LogP contribution is -2.45. The summed E-state index contributed by atoms with van der Waals surface area (Å²) in [6.07, 6.45) is 0.0854. The SMILES string of the molecule is CC(C)[C@H]1[C@@H](C(=O)O)CCN1C(=O)OC(C)(C)C. The van der Waals surface area contributed by atoms with Gasteiger partial charge in [-0.2, -0.15) is 0 Å². The first kappa shape index (κ1) is 14.8. The Balaban J connectivity index is 2.83. The Morgan fingerprint density at radius 2 is 1.89 bits per heavy atom. The van der Waals surface area contributed by atoms with Gasteiger partial charge < -0.3 is 14.7 Å². The maximum atomic E-state index is 12.1. The number of hydrogen-bond donors (Lipinski definition) is 1. The second kappa shape index (κ2) is 5.16. The molecule has 0 saturated carbocycles. The van der Waals surface area contributed by atoms with Crippen molar-refractivity contribution in [2.45, 2.75) is 52.7 Å². The molecule has 0 aromatic heterocycles. The van der Waals surface area contributed by atoms with Crippen molar-refractivity contribution in [1.82, 2.24) is 4.90 Å². The lowest BCUT2D eigenvalue weighted by Gasteiger charge is -2.31. The number of rotatable bonds is 2. The van der Waals surface area contributed by atoms with Gasteiger partial charge in [-0.3, -0.25) is 4.79 Å². The van der Waals surface area contributed by atoms with Gasteiger partial charge in [-0.05, 0) is 33.1 Å². The van der Waals surface area contributed by atoms with Crippen LogP contribution in [0, 0.1) is 11.8 Å². The lowest BCUT2D eigenvalue weighted by atomic mass is 9.91. The first-order chi connectivity index (χ1) is 8.13. The number of hydrogen-bond acceptors (Lipinski definition) is 3. The first-order valence-corrected chi connectivity index (χ1v) is 6.36. The minimum Gasteiger partial charge on any atom is -0.481 e. The van der Waals surface area contributed by atoms with E-state index in [1.807, 2.05) is 13.8 Å². The predicted molar refractivity (Wildman–Crippen MR) is 67.3 cm³/mol. The third-order valence-corrected chi connectivity index (χ3v) is 3.08. The molecule has 1 heterocycles. The molecule has 0 bridgehead atoms. The number of ether oxygens (including phenoxy) is 1. The Bertz CT molecular complexity index is 332. The first-order valence-electron chi connectivity index (χ1n) is 6.36. The van der Waals surface area contributed by atoms with Gasteiger partial charge in [0.2, 0.25) is 0 Å². The molecule has 5 heteroatoms. The van der Waals surface area contributed by atoms with Crippen LogP contribution in [0.3, 0.4) is 0 Å². The Morgan fingerprint density at radius 1 is 1.33 bits per heavy atom. The monoisotopic (exact) mass is 257 g/mol. The molecule has 18 heavy (non-hydrogen) atoms. The van der Waals surface area contributed by atoms with Crippen LogP contribution in [0.4, 0.5) is 4.79 Å². The molecule has 1 fully saturated rings. The Morgan fingerprint density at radius 3 is 2.28 bits per heavy atom. The molecular weight excluding hydrogens is 234 g/mol. The number of amides is 1. The molecule has 0 unspecified atom stereocenters. The van der Waals surface area contributed by atoms with Crippen LogP contribution in [0.2, 0.25) is 0 Å². The van der Waals surface area contributed by atoms with Crippen LogP contribution >= 0.6 is 0 Å². The van der Waals surface area contributed by atoms with Crippen LogP contribution in [0.1, 0.15) is 41.0 Å². The van der Waals surface area contributed by atoms with E-state index in [4.69, 9.17) is 4.74 Å². The second-order valence-electron chi connectivity index (χ2n) is 6.14. The van der Waals surface area contributed by atoms with E-state index in [2.05, 4.69) is 0 Å². The highest BCUT2D eigenvalue weighted by molar-refractivity contribution is 5.75. The van der Waals surface area contributed by atoms with Crippen molar-refractivity contribution >= 4 is 12.1 Å². The van der Waals surface area contributed by atoms with Crippen molar-refractivity contribution in [3.63, 3.8) is 0 Å². The zero-order valence-corrected chi connectivity index (χ0v) is 11.8. The molecule has 0 radical (unpaired) electrons. The zero-order chi connectivity index (χ0) is 14.1. The predicted octanol–water partition coefficient (Wildman–Crippen LogP) is 2.35. The number of nitrogens with zero attached hydrogens (tertiary/aromatic N) is 1. The number of carboxylic acids is 1.